The van der Waals surface area contributed by atoms with Gasteiger partial charge in [-0.15, -0.1) is 0 Å². The molecule has 58 heavy (non-hydrogen) atoms. The first kappa shape index (κ1) is 38.9. The highest BCUT2D eigenvalue weighted by molar-refractivity contribution is 7.91. The monoisotopic (exact) mass is 840 g/mol. The average Bonchev–Trinajstić information content (AvgIpc) is 3.67. The van der Waals surface area contributed by atoms with Crippen LogP contribution in [0.25, 0.3) is 44.7 Å². The number of methoxy groups -OCH3 is 1. The van der Waals surface area contributed by atoms with E-state index in [0.717, 1.165) is 35.9 Å². The summed E-state index contributed by atoms with van der Waals surface area (Å²) in [6.07, 6.45) is 5.22. The van der Waals surface area contributed by atoms with E-state index in [-0.39, 0.29) is 12.1 Å². The Labute approximate surface area is 346 Å². The molecule has 1 saturated carbocycles. The molecule has 3 atom stereocenters. The summed E-state index contributed by atoms with van der Waals surface area (Å²) in [6, 6.07) is 17.7. The van der Waals surface area contributed by atoms with Crippen LogP contribution >= 0.6 is 23.2 Å². The van der Waals surface area contributed by atoms with Crippen molar-refractivity contribution in [3.8, 4) is 45.7 Å². The lowest BCUT2D eigenvalue weighted by atomic mass is 9.98. The molecule has 9 rings (SSSR count). The minimum absolute atomic E-state index is 0.0125. The minimum atomic E-state index is -3.70. The first-order chi connectivity index (χ1) is 27.9. The Hall–Kier alpha value is -4.55. The number of halogens is 2. The summed E-state index contributed by atoms with van der Waals surface area (Å²) in [5, 5.41) is 22.0. The van der Waals surface area contributed by atoms with Crippen LogP contribution in [0.15, 0.2) is 59.1 Å². The maximum absolute atomic E-state index is 13.1. The highest BCUT2D eigenvalue weighted by Crippen LogP contribution is 2.47. The number of nitriles is 1. The number of nitrogens with one attached hydrogen (secondary N) is 1. The molecule has 0 bridgehead atoms. The van der Waals surface area contributed by atoms with E-state index in [1.54, 1.807) is 20.2 Å². The Morgan fingerprint density at radius 3 is 2.47 bits per heavy atom. The molecule has 15 heteroatoms. The lowest BCUT2D eigenvalue weighted by Crippen LogP contribution is -2.42. The lowest BCUT2D eigenvalue weighted by molar-refractivity contribution is -0.122. The van der Waals surface area contributed by atoms with Crippen LogP contribution in [0.1, 0.15) is 67.5 Å². The van der Waals surface area contributed by atoms with Crippen molar-refractivity contribution >= 4 is 50.1 Å². The molecule has 5 aromatic rings. The minimum Gasteiger partial charge on any atom is -0.480 e. The number of fused-ring (bicyclic) bond motifs is 2. The molecule has 1 amide bonds. The molecular weight excluding hydrogens is 799 g/mol. The second kappa shape index (κ2) is 14.9. The fourth-order valence-electron chi connectivity index (χ4n) is 8.78. The number of carbonyl (C=O) groups excluding carboxylic acids is 1. The molecule has 0 radical (unpaired) electrons. The number of likely N-dealkylation sites (tertiary alicyclic amines) is 2. The first-order valence-electron chi connectivity index (χ1n) is 19.6. The van der Waals surface area contributed by atoms with Crippen molar-refractivity contribution in [3.63, 3.8) is 0 Å². The van der Waals surface area contributed by atoms with Crippen LogP contribution in [0.3, 0.4) is 0 Å². The Morgan fingerprint density at radius 1 is 1.05 bits per heavy atom. The third kappa shape index (κ3) is 6.83. The van der Waals surface area contributed by atoms with Crippen molar-refractivity contribution in [2.75, 3.05) is 33.3 Å². The third-order valence-corrected chi connectivity index (χ3v) is 15.4. The summed E-state index contributed by atoms with van der Waals surface area (Å²) >= 11 is 14.3. The molecule has 2 aliphatic carbocycles. The van der Waals surface area contributed by atoms with Gasteiger partial charge in [-0.3, -0.25) is 24.3 Å². The van der Waals surface area contributed by atoms with Crippen LogP contribution in [0.5, 0.6) is 5.88 Å². The Balaban J connectivity index is 0.986. The molecule has 2 aromatic heterocycles. The van der Waals surface area contributed by atoms with E-state index >= 15 is 0 Å². The molecule has 2 N–H and O–H groups in total. The summed E-state index contributed by atoms with van der Waals surface area (Å²) in [7, 11) is -2.15. The zero-order valence-corrected chi connectivity index (χ0v) is 34.4. The second-order valence-corrected chi connectivity index (χ2v) is 19.1. The van der Waals surface area contributed by atoms with E-state index in [4.69, 9.17) is 37.3 Å². The molecule has 3 fully saturated rings. The summed E-state index contributed by atoms with van der Waals surface area (Å²) in [5.74, 6) is 0.0305. The largest absolute Gasteiger partial charge is 0.480 e. The van der Waals surface area contributed by atoms with Gasteiger partial charge >= 0.3 is 0 Å². The second-order valence-electron chi connectivity index (χ2n) is 16.1. The SMILES string of the molecule is COc1nc(-c2cccc(-c3cccc(-c4cc5cc6c(c(C#N)c5o4)CC[C@H]6N4CC[C@@H](C(=O)NS(=O)(=O)C5(C)CC5)C4)c3Cl)c2Cl)cnc1CN1CC[C@@H](O)C1. The number of hydrogen-bond donors (Lipinski definition) is 2. The van der Waals surface area contributed by atoms with Gasteiger partial charge in [-0.05, 0) is 81.3 Å². The van der Waals surface area contributed by atoms with Crippen molar-refractivity contribution < 1.29 is 27.5 Å². The van der Waals surface area contributed by atoms with E-state index in [2.05, 4.69) is 31.6 Å². The highest BCUT2D eigenvalue weighted by atomic mass is 35.5. The van der Waals surface area contributed by atoms with Gasteiger partial charge < -0.3 is 14.3 Å². The number of aliphatic hydroxyl groups excluding tert-OH is 1. The van der Waals surface area contributed by atoms with Crippen molar-refractivity contribution in [2.24, 2.45) is 5.92 Å². The third-order valence-electron chi connectivity index (χ3n) is 12.4. The summed E-state index contributed by atoms with van der Waals surface area (Å²) in [5.41, 5.74) is 6.83. The van der Waals surface area contributed by atoms with Gasteiger partial charge in [-0.1, -0.05) is 53.5 Å². The van der Waals surface area contributed by atoms with Crippen molar-refractivity contribution in [1.82, 2.24) is 24.5 Å². The Kier molecular flexibility index (Phi) is 10.0. The molecule has 2 saturated heterocycles. The van der Waals surface area contributed by atoms with Gasteiger partial charge in [0.05, 0.1) is 51.4 Å². The molecular formula is C43H42Cl2N6O6S. The molecule has 4 heterocycles. The predicted octanol–water partition coefficient (Wildman–Crippen LogP) is 7.29. The van der Waals surface area contributed by atoms with Crippen molar-refractivity contribution in [3.05, 3.63) is 87.2 Å². The maximum Gasteiger partial charge on any atom is 0.240 e. The standard InChI is InChI=1S/C43H42Cl2N6O6S/c1-43(13-14-43)58(54,55)49-41(53)24-11-16-51(21-24)36-10-9-27-32(36)17-25-18-37(57-40(25)33(27)19-46)31-8-4-6-29(39(31)45)28-5-3-7-30(38(28)44)34-20-47-35(42(48-34)56-2)23-50-15-12-26(52)22-50/h3-8,17-18,20,24,26,36,52H,9-16,21-23H2,1-2H3,(H,49,53)/t24-,26-,36-/m1/s1. The van der Waals surface area contributed by atoms with Gasteiger partial charge in [0.1, 0.15) is 17.5 Å². The summed E-state index contributed by atoms with van der Waals surface area (Å²) in [6.45, 7) is 4.64. The molecule has 12 nitrogen and oxygen atoms in total. The molecule has 4 aliphatic rings. The number of carbonyl (C=O) groups is 1. The number of benzene rings is 3. The van der Waals surface area contributed by atoms with Gasteiger partial charge in [0, 0.05) is 59.9 Å². The fraction of sp³-hybridized carbons (Fsp3) is 0.395. The van der Waals surface area contributed by atoms with E-state index < -0.39 is 26.6 Å². The van der Waals surface area contributed by atoms with Crippen molar-refractivity contribution in [2.45, 2.75) is 68.9 Å². The quantitative estimate of drug-likeness (QED) is 0.145. The van der Waals surface area contributed by atoms with Gasteiger partial charge in [-0.2, -0.15) is 5.26 Å². The van der Waals surface area contributed by atoms with Crippen LogP contribution in [0, 0.1) is 17.2 Å². The normalized spacial score (nSPS) is 21.6. The van der Waals surface area contributed by atoms with E-state index in [1.165, 1.54) is 0 Å². The number of nitrogens with zero attached hydrogens (tertiary/aromatic N) is 5. The number of rotatable bonds is 10. The van der Waals surface area contributed by atoms with Crippen LogP contribution in [0.2, 0.25) is 10.0 Å². The summed E-state index contributed by atoms with van der Waals surface area (Å²) < 4.78 is 39.1. The van der Waals surface area contributed by atoms with E-state index in [9.17, 15) is 23.6 Å². The molecule has 300 valence electrons. The number of furan rings is 1. The Morgan fingerprint density at radius 2 is 1.78 bits per heavy atom. The van der Waals surface area contributed by atoms with Gasteiger partial charge in [-0.25, -0.2) is 13.4 Å². The molecule has 3 aromatic carbocycles. The number of aromatic nitrogens is 2. The van der Waals surface area contributed by atoms with Crippen LogP contribution in [-0.2, 0) is 27.8 Å². The number of β-amino-alcohol motifs (C(OH)–C–C–N with tert-alkyl or cyclic N) is 1. The van der Waals surface area contributed by atoms with Gasteiger partial charge in [0.2, 0.25) is 21.8 Å². The highest BCUT2D eigenvalue weighted by Gasteiger charge is 2.51. The zero-order valence-electron chi connectivity index (χ0n) is 32.1. The van der Waals surface area contributed by atoms with Gasteiger partial charge in [0.15, 0.2) is 5.58 Å². The number of aliphatic hydroxyl groups is 1. The topological polar surface area (TPSA) is 162 Å². The molecule has 0 spiro atoms. The first-order valence-corrected chi connectivity index (χ1v) is 21.8. The average molecular weight is 842 g/mol. The van der Waals surface area contributed by atoms with E-state index in [0.29, 0.717) is 118 Å². The lowest BCUT2D eigenvalue weighted by Gasteiger charge is -2.25. The van der Waals surface area contributed by atoms with E-state index in [1.807, 2.05) is 42.5 Å². The zero-order chi connectivity index (χ0) is 40.5. The maximum atomic E-state index is 13.1. The number of hydrogen-bond acceptors (Lipinski definition) is 11. The fourth-order valence-corrected chi connectivity index (χ4v) is 10.7. The molecule has 2 aliphatic heterocycles. The molecule has 0 unspecified atom stereocenters. The van der Waals surface area contributed by atoms with Crippen LogP contribution < -0.4 is 9.46 Å². The number of sulfonamides is 1. The predicted molar refractivity (Wildman–Crippen MR) is 221 cm³/mol. The Bertz CT molecular complexity index is 2640. The summed E-state index contributed by atoms with van der Waals surface area (Å²) in [4.78, 5) is 26.9. The van der Waals surface area contributed by atoms with Gasteiger partial charge in [0.25, 0.3) is 0 Å². The number of ether oxygens (including phenoxy) is 1. The smallest absolute Gasteiger partial charge is 0.240 e. The van der Waals surface area contributed by atoms with Crippen molar-refractivity contribution in [1.29, 1.82) is 5.26 Å². The number of amides is 1. The van der Waals surface area contributed by atoms with Crippen LogP contribution in [0.4, 0.5) is 0 Å². The van der Waals surface area contributed by atoms with Crippen LogP contribution in [-0.4, -0.2) is 83.3 Å².